The van der Waals surface area contributed by atoms with Crippen molar-refractivity contribution in [2.45, 2.75) is 13.0 Å². The van der Waals surface area contributed by atoms with Crippen LogP contribution in [0.3, 0.4) is 0 Å². The van der Waals surface area contributed by atoms with Crippen molar-refractivity contribution in [1.29, 1.82) is 0 Å². The molecule has 2 aromatic carbocycles. The van der Waals surface area contributed by atoms with E-state index >= 15 is 0 Å². The summed E-state index contributed by atoms with van der Waals surface area (Å²) in [6.07, 6.45) is 0.523. The molecule has 2 heterocycles. The number of carbonyl (C=O) groups is 2. The number of rotatable bonds is 4. The molecule has 4 rings (SSSR count). The number of para-hydroxylation sites is 1. The van der Waals surface area contributed by atoms with Gasteiger partial charge in [-0.2, -0.15) is 0 Å². The molecule has 0 aliphatic carbocycles. The molecule has 0 amide bonds. The number of fused-ring (bicyclic) bond motifs is 2. The van der Waals surface area contributed by atoms with E-state index in [0.29, 0.717) is 10.6 Å². The predicted octanol–water partition coefficient (Wildman–Crippen LogP) is 4.36. The van der Waals surface area contributed by atoms with Gasteiger partial charge < -0.3 is 14.1 Å². The molecule has 0 spiro atoms. The van der Waals surface area contributed by atoms with Gasteiger partial charge in [0.05, 0.1) is 5.39 Å². The minimum atomic E-state index is -1.06. The van der Waals surface area contributed by atoms with E-state index in [2.05, 4.69) is 4.98 Å². The van der Waals surface area contributed by atoms with E-state index in [4.69, 9.17) is 20.8 Å². The van der Waals surface area contributed by atoms with Crippen LogP contribution in [0.4, 0.5) is 0 Å². The van der Waals surface area contributed by atoms with Crippen LogP contribution in [0, 0.1) is 0 Å². The summed E-state index contributed by atoms with van der Waals surface area (Å²) in [5, 5.41) is 1.38. The van der Waals surface area contributed by atoms with Gasteiger partial charge in [0.1, 0.15) is 5.58 Å². The first-order valence-electron chi connectivity index (χ1n) is 8.49. The first-order valence-corrected chi connectivity index (χ1v) is 8.86. The van der Waals surface area contributed by atoms with Gasteiger partial charge in [0, 0.05) is 33.8 Å². The minimum absolute atomic E-state index is 0.208. The van der Waals surface area contributed by atoms with Crippen LogP contribution in [0.5, 0.6) is 0 Å². The van der Waals surface area contributed by atoms with Gasteiger partial charge in [-0.15, -0.1) is 0 Å². The lowest BCUT2D eigenvalue weighted by molar-refractivity contribution is 0.0290. The highest BCUT2D eigenvalue weighted by atomic mass is 35.5. The van der Waals surface area contributed by atoms with Crippen molar-refractivity contribution >= 4 is 45.2 Å². The van der Waals surface area contributed by atoms with Crippen LogP contribution in [0.2, 0.25) is 5.02 Å². The van der Waals surface area contributed by atoms with E-state index in [0.717, 1.165) is 17.0 Å². The third-order valence-corrected chi connectivity index (χ3v) is 4.63. The van der Waals surface area contributed by atoms with Gasteiger partial charge in [-0.1, -0.05) is 29.8 Å². The molecule has 0 saturated carbocycles. The quantitative estimate of drug-likeness (QED) is 0.409. The molecule has 0 saturated heterocycles. The summed E-state index contributed by atoms with van der Waals surface area (Å²) < 4.78 is 10.7. The summed E-state index contributed by atoms with van der Waals surface area (Å²) in [7, 11) is 0. The molecule has 140 valence electrons. The number of nitrogens with one attached hydrogen (secondary N) is 1. The summed E-state index contributed by atoms with van der Waals surface area (Å²) in [5.41, 5.74) is 1.01. The Bertz CT molecular complexity index is 1290. The van der Waals surface area contributed by atoms with E-state index in [1.165, 1.54) is 19.1 Å². The number of hydrogen-bond acceptors (Lipinski definition) is 5. The Balaban J connectivity index is 1.59. The van der Waals surface area contributed by atoms with Crippen LogP contribution in [0.1, 0.15) is 27.8 Å². The summed E-state index contributed by atoms with van der Waals surface area (Å²) in [6.45, 7) is 1.47. The Morgan fingerprint density at radius 2 is 1.89 bits per heavy atom. The normalized spacial score (nSPS) is 12.2. The second-order valence-electron chi connectivity index (χ2n) is 6.28. The second-order valence-corrected chi connectivity index (χ2v) is 6.71. The third-order valence-electron chi connectivity index (χ3n) is 4.40. The van der Waals surface area contributed by atoms with Crippen LogP contribution >= 0.6 is 11.6 Å². The van der Waals surface area contributed by atoms with E-state index in [9.17, 15) is 14.4 Å². The first-order chi connectivity index (χ1) is 13.4. The van der Waals surface area contributed by atoms with E-state index in [1.807, 2.05) is 18.2 Å². The van der Waals surface area contributed by atoms with Crippen LogP contribution in [-0.4, -0.2) is 22.8 Å². The number of ether oxygens (including phenoxy) is 1. The number of halogens is 1. The van der Waals surface area contributed by atoms with Gasteiger partial charge in [-0.3, -0.25) is 9.59 Å². The highest BCUT2D eigenvalue weighted by Gasteiger charge is 2.24. The summed E-state index contributed by atoms with van der Waals surface area (Å²) in [5.74, 6) is -1.53. The number of Topliss-reactive ketones (excluding diaryl/α,β-unsaturated/α-hetero) is 1. The average molecular weight is 396 g/mol. The van der Waals surface area contributed by atoms with Crippen LogP contribution in [-0.2, 0) is 4.74 Å². The van der Waals surface area contributed by atoms with Gasteiger partial charge in [-0.05, 0) is 31.2 Å². The molecule has 28 heavy (non-hydrogen) atoms. The van der Waals surface area contributed by atoms with Crippen LogP contribution in [0.15, 0.2) is 63.9 Å². The van der Waals surface area contributed by atoms with Gasteiger partial charge in [0.15, 0.2) is 11.5 Å². The smallest absolute Gasteiger partial charge is 0.375 e. The molecule has 0 aliphatic rings. The number of aromatic nitrogens is 1. The molecule has 1 atom stereocenters. The highest BCUT2D eigenvalue weighted by molar-refractivity contribution is 6.31. The summed E-state index contributed by atoms with van der Waals surface area (Å²) >= 11 is 5.87. The average Bonchev–Trinajstić information content (AvgIpc) is 3.11. The van der Waals surface area contributed by atoms with Gasteiger partial charge in [0.2, 0.25) is 11.5 Å². The van der Waals surface area contributed by atoms with Crippen molar-refractivity contribution in [3.63, 3.8) is 0 Å². The van der Waals surface area contributed by atoms with Crippen molar-refractivity contribution in [3.8, 4) is 0 Å². The fourth-order valence-electron chi connectivity index (χ4n) is 3.00. The molecule has 0 fully saturated rings. The molecule has 0 radical (unpaired) electrons. The topological polar surface area (TPSA) is 89.4 Å². The number of hydrogen-bond donors (Lipinski definition) is 1. The molecular formula is C21H14ClNO5. The highest BCUT2D eigenvalue weighted by Crippen LogP contribution is 2.21. The fraction of sp³-hybridized carbons (Fsp3) is 0.0952. The van der Waals surface area contributed by atoms with Gasteiger partial charge in [0.25, 0.3) is 0 Å². The van der Waals surface area contributed by atoms with Crippen molar-refractivity contribution < 1.29 is 18.7 Å². The SMILES string of the molecule is C[C@@H](OC(=O)c1cc(=O)c2cc(Cl)ccc2o1)C(=O)c1c[nH]c2ccccc12. The zero-order valence-corrected chi connectivity index (χ0v) is 15.4. The number of benzene rings is 2. The van der Waals surface area contributed by atoms with Crippen molar-refractivity contribution in [2.24, 2.45) is 0 Å². The number of H-pyrrole nitrogens is 1. The van der Waals surface area contributed by atoms with Crippen molar-refractivity contribution in [1.82, 2.24) is 4.98 Å². The molecule has 2 aromatic heterocycles. The Hall–Kier alpha value is -3.38. The molecule has 0 bridgehead atoms. The molecular weight excluding hydrogens is 382 g/mol. The zero-order chi connectivity index (χ0) is 19.8. The Morgan fingerprint density at radius 3 is 2.71 bits per heavy atom. The Labute approximate surface area is 163 Å². The third kappa shape index (κ3) is 3.18. The van der Waals surface area contributed by atoms with Crippen LogP contribution in [0.25, 0.3) is 21.9 Å². The molecule has 4 aromatic rings. The van der Waals surface area contributed by atoms with E-state index in [1.54, 1.807) is 18.3 Å². The van der Waals surface area contributed by atoms with Crippen LogP contribution < -0.4 is 5.43 Å². The second kappa shape index (κ2) is 6.98. The molecule has 0 unspecified atom stereocenters. The maximum Gasteiger partial charge on any atom is 0.375 e. The standard InChI is InChI=1S/C21H14ClNO5/c1-11(20(25)15-10-23-16-5-3-2-4-13(15)16)27-21(26)19-9-17(24)14-8-12(22)6-7-18(14)28-19/h2-11,23H,1H3/t11-/m1/s1. The Morgan fingerprint density at radius 1 is 1.11 bits per heavy atom. The van der Waals surface area contributed by atoms with E-state index < -0.39 is 17.5 Å². The largest absolute Gasteiger partial charge is 0.449 e. The molecule has 1 N–H and O–H groups in total. The predicted molar refractivity (Wildman–Crippen MR) is 105 cm³/mol. The lowest BCUT2D eigenvalue weighted by atomic mass is 10.1. The fourth-order valence-corrected chi connectivity index (χ4v) is 3.17. The monoisotopic (exact) mass is 395 g/mol. The van der Waals surface area contributed by atoms with Gasteiger partial charge >= 0.3 is 5.97 Å². The number of esters is 1. The lowest BCUT2D eigenvalue weighted by Crippen LogP contribution is -2.24. The molecule has 6 nitrogen and oxygen atoms in total. The van der Waals surface area contributed by atoms with Crippen molar-refractivity contribution in [2.75, 3.05) is 0 Å². The Kier molecular flexibility index (Phi) is 4.49. The summed E-state index contributed by atoms with van der Waals surface area (Å²) in [6, 6.07) is 12.9. The van der Waals surface area contributed by atoms with Gasteiger partial charge in [-0.25, -0.2) is 4.79 Å². The van der Waals surface area contributed by atoms with E-state index in [-0.39, 0.29) is 22.5 Å². The summed E-state index contributed by atoms with van der Waals surface area (Å²) in [4.78, 5) is 40.3. The number of carbonyl (C=O) groups excluding carboxylic acids is 2. The van der Waals surface area contributed by atoms with Crippen molar-refractivity contribution in [3.05, 3.63) is 81.3 Å². The zero-order valence-electron chi connectivity index (χ0n) is 14.7. The first kappa shape index (κ1) is 18.0. The lowest BCUT2D eigenvalue weighted by Gasteiger charge is -2.11. The maximum atomic E-state index is 12.7. The number of ketones is 1. The number of aromatic amines is 1. The maximum absolute atomic E-state index is 12.7. The minimum Gasteiger partial charge on any atom is -0.449 e. The molecule has 7 heteroatoms. The molecule has 0 aliphatic heterocycles.